The summed E-state index contributed by atoms with van der Waals surface area (Å²) in [5.41, 5.74) is -2.60. The van der Waals surface area contributed by atoms with Crippen molar-refractivity contribution in [2.24, 2.45) is 0 Å². The molecule has 1 fully saturated rings. The van der Waals surface area contributed by atoms with E-state index in [1.165, 1.54) is 4.90 Å². The van der Waals surface area contributed by atoms with Crippen LogP contribution in [0.15, 0.2) is 23.1 Å². The van der Waals surface area contributed by atoms with Gasteiger partial charge in [0.25, 0.3) is 5.56 Å². The van der Waals surface area contributed by atoms with Crippen LogP contribution in [0.1, 0.15) is 12.0 Å². The van der Waals surface area contributed by atoms with E-state index in [2.05, 4.69) is 4.74 Å². The third-order valence-corrected chi connectivity index (χ3v) is 4.38. The molecule has 164 valence electrons. The Bertz CT molecular complexity index is 739. The minimum absolute atomic E-state index is 0.0306. The molecule has 1 aromatic rings. The van der Waals surface area contributed by atoms with Gasteiger partial charge < -0.3 is 14.2 Å². The fraction of sp³-hybridized carbons (Fsp3) is 0.647. The van der Waals surface area contributed by atoms with Crippen LogP contribution in [0.2, 0.25) is 0 Å². The standard InChI is InChI=1S/C17H21F6N3O3/c18-16(19,20)12-29-10-2-4-24-6-8-25(9-7-24)14(27)11-26-5-1-3-13(15(26)28)17(21,22)23/h1,3,5H,2,4,6-12H2. The molecule has 0 aromatic carbocycles. The van der Waals surface area contributed by atoms with E-state index < -0.39 is 42.5 Å². The van der Waals surface area contributed by atoms with Crippen LogP contribution in [0.4, 0.5) is 26.3 Å². The van der Waals surface area contributed by atoms with Gasteiger partial charge in [0.05, 0.1) is 0 Å². The van der Waals surface area contributed by atoms with E-state index in [0.717, 1.165) is 16.8 Å². The van der Waals surface area contributed by atoms with Crippen LogP contribution < -0.4 is 5.56 Å². The Labute approximate surface area is 162 Å². The van der Waals surface area contributed by atoms with E-state index >= 15 is 0 Å². The predicted octanol–water partition coefficient (Wildman–Crippen LogP) is 1.98. The molecule has 0 spiro atoms. The maximum Gasteiger partial charge on any atom is 0.421 e. The Hall–Kier alpha value is -2.08. The average Bonchev–Trinajstić information content (AvgIpc) is 2.61. The van der Waals surface area contributed by atoms with Gasteiger partial charge in [-0.3, -0.25) is 14.5 Å². The molecule has 0 radical (unpaired) electrons. The second-order valence-corrected chi connectivity index (χ2v) is 6.60. The highest BCUT2D eigenvalue weighted by molar-refractivity contribution is 5.76. The Kier molecular flexibility index (Phi) is 7.69. The van der Waals surface area contributed by atoms with Gasteiger partial charge in [-0.1, -0.05) is 0 Å². The summed E-state index contributed by atoms with van der Waals surface area (Å²) in [7, 11) is 0. The van der Waals surface area contributed by atoms with Crippen LogP contribution in [-0.4, -0.2) is 72.4 Å². The molecule has 6 nitrogen and oxygen atoms in total. The topological polar surface area (TPSA) is 54.8 Å². The highest BCUT2D eigenvalue weighted by Gasteiger charge is 2.34. The molecule has 2 heterocycles. The molecule has 1 aliphatic heterocycles. The molecular formula is C17H21F6N3O3. The number of carbonyl (C=O) groups excluding carboxylic acids is 1. The summed E-state index contributed by atoms with van der Waals surface area (Å²) in [5.74, 6) is -0.473. The van der Waals surface area contributed by atoms with Gasteiger partial charge in [-0.15, -0.1) is 0 Å². The Morgan fingerprint density at radius 3 is 2.31 bits per heavy atom. The van der Waals surface area contributed by atoms with Crippen LogP contribution in [0.25, 0.3) is 0 Å². The zero-order chi connectivity index (χ0) is 21.7. The summed E-state index contributed by atoms with van der Waals surface area (Å²) >= 11 is 0. The Balaban J connectivity index is 1.77. The number of piperazine rings is 1. The quantitative estimate of drug-likeness (QED) is 0.492. The van der Waals surface area contributed by atoms with E-state index in [1.54, 1.807) is 0 Å². The second kappa shape index (κ2) is 9.61. The van der Waals surface area contributed by atoms with E-state index in [4.69, 9.17) is 0 Å². The lowest BCUT2D eigenvalue weighted by molar-refractivity contribution is -0.174. The minimum Gasteiger partial charge on any atom is -0.372 e. The first-order valence-electron chi connectivity index (χ1n) is 8.88. The van der Waals surface area contributed by atoms with Crippen molar-refractivity contribution in [1.82, 2.24) is 14.4 Å². The predicted molar refractivity (Wildman–Crippen MR) is 90.2 cm³/mol. The van der Waals surface area contributed by atoms with Crippen molar-refractivity contribution in [2.45, 2.75) is 25.3 Å². The lowest BCUT2D eigenvalue weighted by Gasteiger charge is -2.34. The fourth-order valence-electron chi connectivity index (χ4n) is 2.92. The molecular weight excluding hydrogens is 408 g/mol. The SMILES string of the molecule is O=C(Cn1cccc(C(F)(F)F)c1=O)N1CCN(CCCOCC(F)(F)F)CC1. The number of carbonyl (C=O) groups is 1. The molecule has 2 rings (SSSR count). The molecule has 0 saturated carbocycles. The minimum atomic E-state index is -4.79. The molecule has 0 N–H and O–H groups in total. The summed E-state index contributed by atoms with van der Waals surface area (Å²) < 4.78 is 79.5. The van der Waals surface area contributed by atoms with Gasteiger partial charge in [0.1, 0.15) is 18.7 Å². The van der Waals surface area contributed by atoms with E-state index in [9.17, 15) is 35.9 Å². The molecule has 29 heavy (non-hydrogen) atoms. The maximum absolute atomic E-state index is 12.8. The van der Waals surface area contributed by atoms with Crippen LogP contribution >= 0.6 is 0 Å². The number of ether oxygens (including phenoxy) is 1. The summed E-state index contributed by atoms with van der Waals surface area (Å²) in [6, 6.07) is 1.73. The van der Waals surface area contributed by atoms with Gasteiger partial charge in [0.2, 0.25) is 5.91 Å². The van der Waals surface area contributed by atoms with Gasteiger partial charge in [-0.05, 0) is 18.6 Å². The third-order valence-electron chi connectivity index (χ3n) is 4.38. The normalized spacial score (nSPS) is 16.3. The second-order valence-electron chi connectivity index (χ2n) is 6.60. The molecule has 12 heteroatoms. The number of aromatic nitrogens is 1. The Morgan fingerprint density at radius 1 is 1.07 bits per heavy atom. The smallest absolute Gasteiger partial charge is 0.372 e. The summed E-state index contributed by atoms with van der Waals surface area (Å²) in [4.78, 5) is 27.6. The van der Waals surface area contributed by atoms with Crippen LogP contribution in [0.5, 0.6) is 0 Å². The summed E-state index contributed by atoms with van der Waals surface area (Å²) in [5, 5.41) is 0. The third kappa shape index (κ3) is 7.35. The van der Waals surface area contributed by atoms with E-state index in [1.807, 2.05) is 4.90 Å². The van der Waals surface area contributed by atoms with Crippen molar-refractivity contribution < 1.29 is 35.9 Å². The number of alkyl halides is 6. The highest BCUT2D eigenvalue weighted by Crippen LogP contribution is 2.26. The van der Waals surface area contributed by atoms with Crippen molar-refractivity contribution in [1.29, 1.82) is 0 Å². The van der Waals surface area contributed by atoms with Crippen molar-refractivity contribution in [3.63, 3.8) is 0 Å². The van der Waals surface area contributed by atoms with Gasteiger partial charge in [-0.2, -0.15) is 26.3 Å². The fourth-order valence-corrected chi connectivity index (χ4v) is 2.92. The number of amides is 1. The largest absolute Gasteiger partial charge is 0.421 e. The number of hydrogen-bond acceptors (Lipinski definition) is 4. The molecule has 1 saturated heterocycles. The molecule has 0 unspecified atom stereocenters. The molecule has 0 aliphatic carbocycles. The number of halogens is 6. The first-order chi connectivity index (χ1) is 13.5. The number of nitrogens with zero attached hydrogens (tertiary/aromatic N) is 3. The van der Waals surface area contributed by atoms with Crippen molar-refractivity contribution >= 4 is 5.91 Å². The highest BCUT2D eigenvalue weighted by atomic mass is 19.4. The van der Waals surface area contributed by atoms with Crippen molar-refractivity contribution in [2.75, 3.05) is 45.9 Å². The Morgan fingerprint density at radius 2 is 1.72 bits per heavy atom. The van der Waals surface area contributed by atoms with E-state index in [-0.39, 0.29) is 6.61 Å². The zero-order valence-corrected chi connectivity index (χ0v) is 15.4. The van der Waals surface area contributed by atoms with Crippen LogP contribution in [-0.2, 0) is 22.3 Å². The van der Waals surface area contributed by atoms with Crippen molar-refractivity contribution in [3.05, 3.63) is 34.2 Å². The van der Waals surface area contributed by atoms with Crippen molar-refractivity contribution in [3.8, 4) is 0 Å². The van der Waals surface area contributed by atoms with Gasteiger partial charge >= 0.3 is 12.4 Å². The zero-order valence-electron chi connectivity index (χ0n) is 15.4. The number of pyridine rings is 1. The number of rotatable bonds is 7. The number of hydrogen-bond donors (Lipinski definition) is 0. The molecule has 1 aliphatic rings. The molecule has 1 amide bonds. The van der Waals surface area contributed by atoms with E-state index in [0.29, 0.717) is 45.2 Å². The van der Waals surface area contributed by atoms with Gasteiger partial charge in [-0.25, -0.2) is 0 Å². The molecule has 0 atom stereocenters. The monoisotopic (exact) mass is 429 g/mol. The average molecular weight is 429 g/mol. The van der Waals surface area contributed by atoms with Gasteiger partial charge in [0, 0.05) is 45.5 Å². The first-order valence-corrected chi connectivity index (χ1v) is 8.88. The molecule has 1 aromatic heterocycles. The summed E-state index contributed by atoms with van der Waals surface area (Å²) in [6.07, 6.45) is -7.61. The lowest BCUT2D eigenvalue weighted by Crippen LogP contribution is -2.50. The van der Waals surface area contributed by atoms with Crippen LogP contribution in [0.3, 0.4) is 0 Å². The molecule has 0 bridgehead atoms. The maximum atomic E-state index is 12.8. The lowest BCUT2D eigenvalue weighted by atomic mass is 10.2. The summed E-state index contributed by atoms with van der Waals surface area (Å²) in [6.45, 7) is 0.277. The van der Waals surface area contributed by atoms with Gasteiger partial charge in [0.15, 0.2) is 0 Å². The first kappa shape index (κ1) is 23.2. The van der Waals surface area contributed by atoms with Crippen LogP contribution in [0, 0.1) is 0 Å².